The molecule has 130 valence electrons. The maximum atomic E-state index is 12.8. The minimum absolute atomic E-state index is 0.132. The van der Waals surface area contributed by atoms with Gasteiger partial charge in [0.1, 0.15) is 5.60 Å². The summed E-state index contributed by atoms with van der Waals surface area (Å²) < 4.78 is 5.86. The third kappa shape index (κ3) is 4.97. The summed E-state index contributed by atoms with van der Waals surface area (Å²) in [5.41, 5.74) is -2.05. The van der Waals surface area contributed by atoms with Gasteiger partial charge < -0.3 is 9.84 Å². The smallest absolute Gasteiger partial charge is 0.338 e. The zero-order chi connectivity index (χ0) is 17.2. The molecule has 0 aromatic heterocycles. The lowest BCUT2D eigenvalue weighted by molar-refractivity contribution is -0.193. The molecule has 1 aliphatic carbocycles. The molecule has 0 aliphatic heterocycles. The number of carbonyl (C=O) groups is 1. The number of ether oxygens (including phenoxy) is 1. The summed E-state index contributed by atoms with van der Waals surface area (Å²) in [6.07, 6.45) is 6.33. The standard InChI is InChI=1S/C19H36O3/c1-14(2)19(21,13-17(3,4)5)16(20)22-18(6,7)15-11-9-8-10-12-15/h14-15,21H,8-13H2,1-7H3. The molecule has 0 aromatic rings. The molecule has 1 unspecified atom stereocenters. The molecule has 1 saturated carbocycles. The third-order valence-electron chi connectivity index (χ3n) is 5.05. The van der Waals surface area contributed by atoms with E-state index in [9.17, 15) is 9.90 Å². The van der Waals surface area contributed by atoms with Crippen molar-refractivity contribution < 1.29 is 14.6 Å². The van der Waals surface area contributed by atoms with Crippen molar-refractivity contribution in [2.45, 2.75) is 98.2 Å². The molecular weight excluding hydrogens is 276 g/mol. The number of esters is 1. The Labute approximate surface area is 136 Å². The molecule has 0 bridgehead atoms. The van der Waals surface area contributed by atoms with Crippen LogP contribution in [0.15, 0.2) is 0 Å². The molecule has 22 heavy (non-hydrogen) atoms. The third-order valence-corrected chi connectivity index (χ3v) is 5.05. The van der Waals surface area contributed by atoms with Gasteiger partial charge in [-0.2, -0.15) is 0 Å². The molecule has 0 amide bonds. The Morgan fingerprint density at radius 3 is 2.00 bits per heavy atom. The van der Waals surface area contributed by atoms with Crippen molar-refractivity contribution in [1.29, 1.82) is 0 Å². The van der Waals surface area contributed by atoms with Crippen molar-refractivity contribution >= 4 is 5.97 Å². The number of aliphatic hydroxyl groups is 1. The largest absolute Gasteiger partial charge is 0.457 e. The zero-order valence-electron chi connectivity index (χ0n) is 15.7. The Morgan fingerprint density at radius 2 is 1.59 bits per heavy atom. The van der Waals surface area contributed by atoms with E-state index in [1.165, 1.54) is 19.3 Å². The van der Waals surface area contributed by atoms with Crippen LogP contribution in [0.25, 0.3) is 0 Å². The fraction of sp³-hybridized carbons (Fsp3) is 0.947. The van der Waals surface area contributed by atoms with E-state index in [1.807, 2.05) is 48.5 Å². The first-order chi connectivity index (χ1) is 9.88. The van der Waals surface area contributed by atoms with Gasteiger partial charge in [-0.15, -0.1) is 0 Å². The first-order valence-electron chi connectivity index (χ1n) is 8.84. The lowest BCUT2D eigenvalue weighted by Crippen LogP contribution is -2.51. The Balaban J connectivity index is 2.86. The van der Waals surface area contributed by atoms with Gasteiger partial charge in [0.25, 0.3) is 0 Å². The molecule has 3 heteroatoms. The van der Waals surface area contributed by atoms with Crippen LogP contribution in [0.3, 0.4) is 0 Å². The van der Waals surface area contributed by atoms with Crippen LogP contribution in [-0.2, 0) is 9.53 Å². The molecule has 1 fully saturated rings. The summed E-state index contributed by atoms with van der Waals surface area (Å²) in [5, 5.41) is 11.0. The lowest BCUT2D eigenvalue weighted by Gasteiger charge is -2.41. The van der Waals surface area contributed by atoms with E-state index < -0.39 is 17.2 Å². The van der Waals surface area contributed by atoms with Crippen LogP contribution in [0, 0.1) is 17.3 Å². The first kappa shape index (κ1) is 19.5. The van der Waals surface area contributed by atoms with Crippen LogP contribution in [0.1, 0.15) is 87.0 Å². The van der Waals surface area contributed by atoms with Gasteiger partial charge in [0.15, 0.2) is 5.60 Å². The number of carbonyl (C=O) groups excluding carboxylic acids is 1. The summed E-state index contributed by atoms with van der Waals surface area (Å²) in [4.78, 5) is 12.8. The van der Waals surface area contributed by atoms with E-state index in [4.69, 9.17) is 4.74 Å². The van der Waals surface area contributed by atoms with Crippen molar-refractivity contribution in [3.8, 4) is 0 Å². The maximum absolute atomic E-state index is 12.8. The molecular formula is C19H36O3. The van der Waals surface area contributed by atoms with E-state index in [1.54, 1.807) is 0 Å². The maximum Gasteiger partial charge on any atom is 0.338 e. The van der Waals surface area contributed by atoms with E-state index in [0.717, 1.165) is 12.8 Å². The van der Waals surface area contributed by atoms with Crippen molar-refractivity contribution in [1.82, 2.24) is 0 Å². The Bertz CT molecular complexity index is 373. The van der Waals surface area contributed by atoms with E-state index >= 15 is 0 Å². The fourth-order valence-electron chi connectivity index (χ4n) is 3.53. The van der Waals surface area contributed by atoms with E-state index in [2.05, 4.69) is 0 Å². The summed E-state index contributed by atoms with van der Waals surface area (Å²) in [6, 6.07) is 0. The van der Waals surface area contributed by atoms with Crippen LogP contribution in [0.5, 0.6) is 0 Å². The Hall–Kier alpha value is -0.570. The number of hydrogen-bond acceptors (Lipinski definition) is 3. The number of hydrogen-bond donors (Lipinski definition) is 1. The predicted octanol–water partition coefficient (Wildman–Crippen LogP) is 4.71. The van der Waals surface area contributed by atoms with Crippen molar-refractivity contribution in [3.05, 3.63) is 0 Å². The van der Waals surface area contributed by atoms with Crippen LogP contribution in [0.4, 0.5) is 0 Å². The molecule has 0 spiro atoms. The van der Waals surface area contributed by atoms with Crippen molar-refractivity contribution in [2.24, 2.45) is 17.3 Å². The SMILES string of the molecule is CC(C)C(O)(CC(C)(C)C)C(=O)OC(C)(C)C1CCCCC1. The van der Waals surface area contributed by atoms with Gasteiger partial charge in [-0.3, -0.25) is 0 Å². The minimum Gasteiger partial charge on any atom is -0.457 e. The first-order valence-corrected chi connectivity index (χ1v) is 8.84. The van der Waals surface area contributed by atoms with Crippen molar-refractivity contribution in [3.63, 3.8) is 0 Å². The highest BCUT2D eigenvalue weighted by Gasteiger charge is 2.47. The summed E-state index contributed by atoms with van der Waals surface area (Å²) in [6.45, 7) is 13.9. The molecule has 1 aliphatic rings. The van der Waals surface area contributed by atoms with Crippen LogP contribution in [0.2, 0.25) is 0 Å². The second-order valence-electron chi connectivity index (χ2n) is 9.14. The zero-order valence-corrected chi connectivity index (χ0v) is 15.7. The second kappa shape index (κ2) is 6.90. The van der Waals surface area contributed by atoms with Gasteiger partial charge in [0.05, 0.1) is 0 Å². The molecule has 0 saturated heterocycles. The van der Waals surface area contributed by atoms with E-state index in [0.29, 0.717) is 12.3 Å². The monoisotopic (exact) mass is 312 g/mol. The van der Waals surface area contributed by atoms with Gasteiger partial charge >= 0.3 is 5.97 Å². The highest BCUT2D eigenvalue weighted by Crippen LogP contribution is 2.38. The topological polar surface area (TPSA) is 46.5 Å². The molecule has 0 heterocycles. The van der Waals surface area contributed by atoms with Gasteiger partial charge in [-0.1, -0.05) is 53.9 Å². The molecule has 3 nitrogen and oxygen atoms in total. The fourth-order valence-corrected chi connectivity index (χ4v) is 3.53. The molecule has 1 N–H and O–H groups in total. The van der Waals surface area contributed by atoms with Gasteiger partial charge in [-0.25, -0.2) is 4.79 Å². The summed E-state index contributed by atoms with van der Waals surface area (Å²) in [7, 11) is 0. The van der Waals surface area contributed by atoms with Crippen LogP contribution in [-0.4, -0.2) is 22.3 Å². The molecule has 1 atom stereocenters. The minimum atomic E-state index is -1.41. The average molecular weight is 312 g/mol. The summed E-state index contributed by atoms with van der Waals surface area (Å²) in [5.74, 6) is -0.217. The quantitative estimate of drug-likeness (QED) is 0.748. The van der Waals surface area contributed by atoms with Crippen LogP contribution < -0.4 is 0 Å². The highest BCUT2D eigenvalue weighted by atomic mass is 16.6. The molecule has 0 radical (unpaired) electrons. The van der Waals surface area contributed by atoms with Gasteiger partial charge in [0, 0.05) is 0 Å². The Morgan fingerprint density at radius 1 is 1.09 bits per heavy atom. The second-order valence-corrected chi connectivity index (χ2v) is 9.14. The van der Waals surface area contributed by atoms with Gasteiger partial charge in [-0.05, 0) is 50.4 Å². The highest BCUT2D eigenvalue weighted by molar-refractivity contribution is 5.80. The molecule has 1 rings (SSSR count). The normalized spacial score (nSPS) is 20.8. The van der Waals surface area contributed by atoms with Crippen molar-refractivity contribution in [2.75, 3.05) is 0 Å². The Kier molecular flexibility index (Phi) is 6.11. The predicted molar refractivity (Wildman–Crippen MR) is 90.6 cm³/mol. The van der Waals surface area contributed by atoms with Crippen LogP contribution >= 0.6 is 0 Å². The number of rotatable bonds is 5. The summed E-state index contributed by atoms with van der Waals surface area (Å²) >= 11 is 0. The van der Waals surface area contributed by atoms with E-state index in [-0.39, 0.29) is 11.3 Å². The average Bonchev–Trinajstić information content (AvgIpc) is 2.37. The molecule has 0 aromatic carbocycles. The lowest BCUT2D eigenvalue weighted by atomic mass is 9.75. The van der Waals surface area contributed by atoms with Gasteiger partial charge in [0.2, 0.25) is 0 Å².